The average molecular weight is 232 g/mol. The van der Waals surface area contributed by atoms with Crippen LogP contribution in [0.2, 0.25) is 0 Å². The van der Waals surface area contributed by atoms with Gasteiger partial charge in [-0.3, -0.25) is 0 Å². The van der Waals surface area contributed by atoms with E-state index < -0.39 is 0 Å². The Balaban J connectivity index is 1.83. The Kier molecular flexibility index (Phi) is 4.06. The molecule has 1 fully saturated rings. The molecule has 94 valence electrons. The van der Waals surface area contributed by atoms with E-state index in [1.807, 2.05) is 12.1 Å². The Labute approximate surface area is 105 Å². The minimum Gasteiger partial charge on any atom is -0.399 e. The van der Waals surface area contributed by atoms with E-state index in [0.29, 0.717) is 6.04 Å². The average Bonchev–Trinajstić information content (AvgIpc) is 2.27. The van der Waals surface area contributed by atoms with E-state index in [1.54, 1.807) is 0 Å². The van der Waals surface area contributed by atoms with Crippen molar-refractivity contribution in [3.63, 3.8) is 0 Å². The van der Waals surface area contributed by atoms with E-state index in [4.69, 9.17) is 5.73 Å². The van der Waals surface area contributed by atoms with Crippen LogP contribution in [0.1, 0.15) is 38.7 Å². The molecular formula is C15H24N2. The number of benzene rings is 1. The van der Waals surface area contributed by atoms with Crippen molar-refractivity contribution >= 4 is 5.69 Å². The molecule has 2 heteroatoms. The lowest BCUT2D eigenvalue weighted by Gasteiger charge is -2.32. The van der Waals surface area contributed by atoms with E-state index in [1.165, 1.54) is 24.8 Å². The predicted molar refractivity (Wildman–Crippen MR) is 73.7 cm³/mol. The highest BCUT2D eigenvalue weighted by Gasteiger charge is 2.23. The molecule has 3 N–H and O–H groups in total. The van der Waals surface area contributed by atoms with Gasteiger partial charge in [0.15, 0.2) is 0 Å². The molecule has 2 atom stereocenters. The van der Waals surface area contributed by atoms with Crippen LogP contribution in [-0.4, -0.2) is 6.04 Å². The summed E-state index contributed by atoms with van der Waals surface area (Å²) in [6.07, 6.45) is 4.03. The molecule has 1 aliphatic rings. The first-order valence-corrected chi connectivity index (χ1v) is 6.71. The molecule has 0 spiro atoms. The molecule has 1 saturated carbocycles. The number of hydrogen-bond acceptors (Lipinski definition) is 2. The highest BCUT2D eigenvalue weighted by Crippen LogP contribution is 2.28. The first-order chi connectivity index (χ1) is 8.13. The van der Waals surface area contributed by atoms with Crippen molar-refractivity contribution in [2.75, 3.05) is 5.73 Å². The molecule has 0 saturated heterocycles. The van der Waals surface area contributed by atoms with Crippen LogP contribution in [-0.2, 0) is 6.54 Å². The summed E-state index contributed by atoms with van der Waals surface area (Å²) in [4.78, 5) is 0. The summed E-state index contributed by atoms with van der Waals surface area (Å²) in [5.41, 5.74) is 7.85. The van der Waals surface area contributed by atoms with E-state index in [9.17, 15) is 0 Å². The molecule has 1 aliphatic carbocycles. The van der Waals surface area contributed by atoms with Gasteiger partial charge in [-0.1, -0.05) is 26.0 Å². The van der Waals surface area contributed by atoms with Gasteiger partial charge in [-0.05, 0) is 48.8 Å². The molecule has 2 unspecified atom stereocenters. The monoisotopic (exact) mass is 232 g/mol. The third-order valence-electron chi connectivity index (χ3n) is 3.75. The summed E-state index contributed by atoms with van der Waals surface area (Å²) in [5.74, 6) is 1.73. The largest absolute Gasteiger partial charge is 0.399 e. The van der Waals surface area contributed by atoms with Crippen molar-refractivity contribution in [3.05, 3.63) is 29.8 Å². The number of rotatable bonds is 3. The lowest BCUT2D eigenvalue weighted by molar-refractivity contribution is 0.238. The van der Waals surface area contributed by atoms with Crippen LogP contribution < -0.4 is 11.1 Å². The van der Waals surface area contributed by atoms with E-state index in [-0.39, 0.29) is 0 Å². The fraction of sp³-hybridized carbons (Fsp3) is 0.600. The van der Waals surface area contributed by atoms with Crippen LogP contribution in [0.5, 0.6) is 0 Å². The first kappa shape index (κ1) is 12.4. The number of anilines is 1. The van der Waals surface area contributed by atoms with Crippen molar-refractivity contribution in [1.29, 1.82) is 0 Å². The summed E-state index contributed by atoms with van der Waals surface area (Å²) in [7, 11) is 0. The minimum atomic E-state index is 0.686. The third kappa shape index (κ3) is 3.74. The van der Waals surface area contributed by atoms with Gasteiger partial charge in [-0.15, -0.1) is 0 Å². The molecule has 1 aromatic rings. The highest BCUT2D eigenvalue weighted by atomic mass is 14.9. The van der Waals surface area contributed by atoms with E-state index >= 15 is 0 Å². The fourth-order valence-electron chi connectivity index (χ4n) is 3.01. The summed E-state index contributed by atoms with van der Waals surface area (Å²) in [5, 5.41) is 3.68. The number of nitrogen functional groups attached to an aromatic ring is 1. The molecule has 0 aliphatic heterocycles. The second-order valence-electron chi connectivity index (χ2n) is 5.74. The van der Waals surface area contributed by atoms with Gasteiger partial charge in [0.2, 0.25) is 0 Å². The van der Waals surface area contributed by atoms with Crippen LogP contribution in [0.3, 0.4) is 0 Å². The zero-order valence-corrected chi connectivity index (χ0v) is 10.9. The Bertz CT molecular complexity index is 334. The number of nitrogens with one attached hydrogen (secondary N) is 1. The predicted octanol–water partition coefficient (Wildman–Crippen LogP) is 3.18. The van der Waals surface area contributed by atoms with Crippen molar-refractivity contribution < 1.29 is 0 Å². The molecule has 1 aromatic carbocycles. The van der Waals surface area contributed by atoms with Crippen molar-refractivity contribution in [1.82, 2.24) is 5.32 Å². The molecule has 2 nitrogen and oxygen atoms in total. The molecular weight excluding hydrogens is 208 g/mol. The summed E-state index contributed by atoms with van der Waals surface area (Å²) < 4.78 is 0. The lowest BCUT2D eigenvalue weighted by atomic mass is 9.80. The Morgan fingerprint density at radius 1 is 1.06 bits per heavy atom. The first-order valence-electron chi connectivity index (χ1n) is 6.71. The quantitative estimate of drug-likeness (QED) is 0.785. The normalized spacial score (nSPS) is 29.2. The van der Waals surface area contributed by atoms with Crippen LogP contribution >= 0.6 is 0 Å². The van der Waals surface area contributed by atoms with Gasteiger partial charge in [0.25, 0.3) is 0 Å². The Morgan fingerprint density at radius 3 is 2.24 bits per heavy atom. The lowest BCUT2D eigenvalue weighted by Crippen LogP contribution is -2.35. The number of nitrogens with two attached hydrogens (primary N) is 1. The number of hydrogen-bond donors (Lipinski definition) is 2. The van der Waals surface area contributed by atoms with E-state index in [0.717, 1.165) is 24.1 Å². The van der Waals surface area contributed by atoms with E-state index in [2.05, 4.69) is 31.3 Å². The zero-order chi connectivity index (χ0) is 12.3. The molecule has 0 heterocycles. The summed E-state index contributed by atoms with van der Waals surface area (Å²) in [6.45, 7) is 5.70. The van der Waals surface area contributed by atoms with Gasteiger partial charge < -0.3 is 11.1 Å². The van der Waals surface area contributed by atoms with Crippen molar-refractivity contribution in [3.8, 4) is 0 Å². The van der Waals surface area contributed by atoms with Crippen LogP contribution in [0.4, 0.5) is 5.69 Å². The van der Waals surface area contributed by atoms with Crippen LogP contribution in [0, 0.1) is 11.8 Å². The second kappa shape index (κ2) is 5.54. The van der Waals surface area contributed by atoms with Gasteiger partial charge >= 0.3 is 0 Å². The smallest absolute Gasteiger partial charge is 0.0314 e. The zero-order valence-electron chi connectivity index (χ0n) is 10.9. The topological polar surface area (TPSA) is 38.0 Å². The van der Waals surface area contributed by atoms with Gasteiger partial charge in [0.1, 0.15) is 0 Å². The Morgan fingerprint density at radius 2 is 1.65 bits per heavy atom. The maximum absolute atomic E-state index is 5.68. The van der Waals surface area contributed by atoms with Gasteiger partial charge in [0.05, 0.1) is 0 Å². The summed E-state index contributed by atoms with van der Waals surface area (Å²) >= 11 is 0. The van der Waals surface area contributed by atoms with Gasteiger partial charge in [-0.25, -0.2) is 0 Å². The highest BCUT2D eigenvalue weighted by molar-refractivity contribution is 5.39. The van der Waals surface area contributed by atoms with Crippen LogP contribution in [0.25, 0.3) is 0 Å². The standard InChI is InChI=1S/C15H24N2/c1-11-7-12(2)9-15(8-11)17-10-13-3-5-14(16)6-4-13/h3-6,11-12,15,17H,7-10,16H2,1-2H3. The second-order valence-corrected chi connectivity index (χ2v) is 5.74. The molecule has 2 rings (SSSR count). The maximum Gasteiger partial charge on any atom is 0.0314 e. The molecule has 0 aromatic heterocycles. The van der Waals surface area contributed by atoms with Crippen LogP contribution in [0.15, 0.2) is 24.3 Å². The SMILES string of the molecule is CC1CC(C)CC(NCc2ccc(N)cc2)C1. The fourth-order valence-corrected chi connectivity index (χ4v) is 3.01. The molecule has 0 radical (unpaired) electrons. The maximum atomic E-state index is 5.68. The molecule has 17 heavy (non-hydrogen) atoms. The minimum absolute atomic E-state index is 0.686. The Hall–Kier alpha value is -1.02. The van der Waals surface area contributed by atoms with Crippen molar-refractivity contribution in [2.24, 2.45) is 11.8 Å². The summed E-state index contributed by atoms with van der Waals surface area (Å²) in [6, 6.07) is 8.86. The van der Waals surface area contributed by atoms with Gasteiger partial charge in [-0.2, -0.15) is 0 Å². The van der Waals surface area contributed by atoms with Gasteiger partial charge in [0, 0.05) is 18.3 Å². The third-order valence-corrected chi connectivity index (χ3v) is 3.75. The van der Waals surface area contributed by atoms with Crippen molar-refractivity contribution in [2.45, 2.75) is 45.7 Å². The molecule has 0 amide bonds. The molecule has 0 bridgehead atoms.